The van der Waals surface area contributed by atoms with Gasteiger partial charge in [-0.1, -0.05) is 53.9 Å². The topological polar surface area (TPSA) is 49.3 Å². The van der Waals surface area contributed by atoms with E-state index >= 15 is 0 Å². The number of carbonyl (C=O) groups is 1. The minimum Gasteiger partial charge on any atom is -0.389 e. The molecule has 0 heterocycles. The van der Waals surface area contributed by atoms with Crippen LogP contribution in [-0.4, -0.2) is 23.2 Å². The summed E-state index contributed by atoms with van der Waals surface area (Å²) < 4.78 is 0. The van der Waals surface area contributed by atoms with Gasteiger partial charge in [0.1, 0.15) is 0 Å². The van der Waals surface area contributed by atoms with Crippen molar-refractivity contribution in [1.82, 2.24) is 5.32 Å². The fourth-order valence-electron chi connectivity index (χ4n) is 2.54. The van der Waals surface area contributed by atoms with Crippen molar-refractivity contribution in [2.24, 2.45) is 10.8 Å². The molecule has 0 aliphatic heterocycles. The molecule has 0 spiro atoms. The molecule has 1 saturated carbocycles. The van der Waals surface area contributed by atoms with Crippen LogP contribution in [0.2, 0.25) is 0 Å². The second-order valence-electron chi connectivity index (χ2n) is 7.41. The molecule has 2 N–H and O–H groups in total. The van der Waals surface area contributed by atoms with E-state index in [1.807, 2.05) is 20.8 Å². The maximum absolute atomic E-state index is 11.9. The average Bonchev–Trinajstić information content (AvgIpc) is 2.25. The van der Waals surface area contributed by atoms with Crippen molar-refractivity contribution in [3.05, 3.63) is 0 Å². The number of carbonyl (C=O) groups excluding carboxylic acids is 1. The van der Waals surface area contributed by atoms with Crippen LogP contribution in [0.3, 0.4) is 0 Å². The first kappa shape index (κ1) is 15.5. The van der Waals surface area contributed by atoms with Crippen LogP contribution in [0.4, 0.5) is 0 Å². The molecule has 0 saturated heterocycles. The van der Waals surface area contributed by atoms with Crippen LogP contribution in [0.1, 0.15) is 66.7 Å². The summed E-state index contributed by atoms with van der Waals surface area (Å²) in [4.78, 5) is 11.9. The lowest BCUT2D eigenvalue weighted by molar-refractivity contribution is -0.131. The summed E-state index contributed by atoms with van der Waals surface area (Å²) in [6.07, 6.45) is 5.10. The molecular formula is C15H29NO2. The normalized spacial score (nSPS) is 20.6. The van der Waals surface area contributed by atoms with Gasteiger partial charge in [0.2, 0.25) is 5.91 Å². The van der Waals surface area contributed by atoms with Crippen LogP contribution in [0.5, 0.6) is 0 Å². The highest BCUT2D eigenvalue weighted by molar-refractivity contribution is 5.81. The molecule has 0 radical (unpaired) electrons. The van der Waals surface area contributed by atoms with Crippen molar-refractivity contribution >= 4 is 5.91 Å². The number of rotatable bonds is 3. The molecule has 0 bridgehead atoms. The first-order chi connectivity index (χ1) is 8.08. The van der Waals surface area contributed by atoms with Gasteiger partial charge in [-0.2, -0.15) is 0 Å². The molecule has 0 atom stereocenters. The summed E-state index contributed by atoms with van der Waals surface area (Å²) in [6, 6.07) is 0. The van der Waals surface area contributed by atoms with Crippen LogP contribution in [0.25, 0.3) is 0 Å². The quantitative estimate of drug-likeness (QED) is 0.814. The molecule has 1 aliphatic carbocycles. The zero-order valence-corrected chi connectivity index (χ0v) is 12.6. The molecule has 0 aromatic heterocycles. The minimum absolute atomic E-state index is 0.0509. The van der Waals surface area contributed by atoms with Gasteiger partial charge >= 0.3 is 0 Å². The molecule has 0 aromatic rings. The van der Waals surface area contributed by atoms with Gasteiger partial charge in [0.25, 0.3) is 0 Å². The molecule has 1 fully saturated rings. The van der Waals surface area contributed by atoms with E-state index in [0.717, 1.165) is 25.7 Å². The van der Waals surface area contributed by atoms with Crippen LogP contribution >= 0.6 is 0 Å². The van der Waals surface area contributed by atoms with E-state index in [1.54, 1.807) is 0 Å². The monoisotopic (exact) mass is 255 g/mol. The van der Waals surface area contributed by atoms with Gasteiger partial charge in [0.15, 0.2) is 0 Å². The second kappa shape index (κ2) is 5.20. The van der Waals surface area contributed by atoms with E-state index in [4.69, 9.17) is 0 Å². The van der Waals surface area contributed by atoms with Gasteiger partial charge in [-0.25, -0.2) is 0 Å². The fourth-order valence-corrected chi connectivity index (χ4v) is 2.54. The van der Waals surface area contributed by atoms with Gasteiger partial charge in [-0.3, -0.25) is 4.79 Å². The van der Waals surface area contributed by atoms with E-state index in [-0.39, 0.29) is 16.7 Å². The van der Waals surface area contributed by atoms with Crippen molar-refractivity contribution in [2.75, 3.05) is 6.54 Å². The standard InChI is InChI=1S/C15H29NO2/c1-13(2,3)12(17)16-11-14(4,5)15(18)9-7-6-8-10-15/h18H,6-11H2,1-5H3,(H,16,17). The Morgan fingerprint density at radius 3 is 2.06 bits per heavy atom. The van der Waals surface area contributed by atoms with Gasteiger partial charge in [0.05, 0.1) is 5.60 Å². The number of hydrogen-bond acceptors (Lipinski definition) is 2. The Bertz CT molecular complexity index is 296. The predicted molar refractivity (Wildman–Crippen MR) is 74.3 cm³/mol. The van der Waals surface area contributed by atoms with Crippen LogP contribution < -0.4 is 5.32 Å². The highest BCUT2D eigenvalue weighted by atomic mass is 16.3. The first-order valence-corrected chi connectivity index (χ1v) is 7.09. The molecule has 1 amide bonds. The van der Waals surface area contributed by atoms with E-state index in [1.165, 1.54) is 6.42 Å². The zero-order valence-electron chi connectivity index (χ0n) is 12.6. The van der Waals surface area contributed by atoms with Crippen LogP contribution in [0.15, 0.2) is 0 Å². The highest BCUT2D eigenvalue weighted by Gasteiger charge is 2.44. The molecule has 0 aromatic carbocycles. The summed E-state index contributed by atoms with van der Waals surface area (Å²) in [6.45, 7) is 10.4. The molecule has 18 heavy (non-hydrogen) atoms. The minimum atomic E-state index is -0.629. The average molecular weight is 255 g/mol. The first-order valence-electron chi connectivity index (χ1n) is 7.09. The van der Waals surface area contributed by atoms with E-state index in [2.05, 4.69) is 19.2 Å². The van der Waals surface area contributed by atoms with Crippen molar-refractivity contribution in [3.63, 3.8) is 0 Å². The van der Waals surface area contributed by atoms with Crippen LogP contribution in [-0.2, 0) is 4.79 Å². The zero-order chi connectivity index (χ0) is 14.0. The highest BCUT2D eigenvalue weighted by Crippen LogP contribution is 2.41. The smallest absolute Gasteiger partial charge is 0.225 e. The largest absolute Gasteiger partial charge is 0.389 e. The van der Waals surface area contributed by atoms with Gasteiger partial charge in [-0.15, -0.1) is 0 Å². The Morgan fingerprint density at radius 1 is 1.11 bits per heavy atom. The van der Waals surface area contributed by atoms with Crippen molar-refractivity contribution < 1.29 is 9.90 Å². The maximum atomic E-state index is 11.9. The number of amides is 1. The van der Waals surface area contributed by atoms with Crippen molar-refractivity contribution in [2.45, 2.75) is 72.3 Å². The lowest BCUT2D eigenvalue weighted by Gasteiger charge is -2.45. The Kier molecular flexibility index (Phi) is 4.47. The third kappa shape index (κ3) is 3.47. The Balaban J connectivity index is 2.61. The molecule has 3 nitrogen and oxygen atoms in total. The lowest BCUT2D eigenvalue weighted by Crippen LogP contribution is -2.53. The fraction of sp³-hybridized carbons (Fsp3) is 0.933. The van der Waals surface area contributed by atoms with Crippen molar-refractivity contribution in [1.29, 1.82) is 0 Å². The molecule has 0 unspecified atom stereocenters. The van der Waals surface area contributed by atoms with E-state index < -0.39 is 5.60 Å². The summed E-state index contributed by atoms with van der Waals surface area (Å²) in [7, 11) is 0. The SMILES string of the molecule is CC(C)(C)C(=O)NCC(C)(C)C1(O)CCCCC1. The van der Waals surface area contributed by atoms with E-state index in [9.17, 15) is 9.90 Å². The Morgan fingerprint density at radius 2 is 1.61 bits per heavy atom. The van der Waals surface area contributed by atoms with Crippen LogP contribution in [0, 0.1) is 10.8 Å². The Hall–Kier alpha value is -0.570. The Labute approximate surface area is 111 Å². The summed E-state index contributed by atoms with van der Waals surface area (Å²) >= 11 is 0. The summed E-state index contributed by atoms with van der Waals surface area (Å²) in [5, 5.41) is 13.7. The molecule has 3 heteroatoms. The van der Waals surface area contributed by atoms with E-state index in [0.29, 0.717) is 6.54 Å². The predicted octanol–water partition coefficient (Wildman–Crippen LogP) is 2.87. The number of aliphatic hydroxyl groups is 1. The number of hydrogen-bond donors (Lipinski definition) is 2. The third-order valence-electron chi connectivity index (χ3n) is 4.31. The molecule has 106 valence electrons. The third-order valence-corrected chi connectivity index (χ3v) is 4.31. The summed E-state index contributed by atoms with van der Waals surface area (Å²) in [5.41, 5.74) is -1.27. The molecule has 1 rings (SSSR count). The van der Waals surface area contributed by atoms with Gasteiger partial charge in [-0.05, 0) is 12.8 Å². The molecule has 1 aliphatic rings. The van der Waals surface area contributed by atoms with Gasteiger partial charge < -0.3 is 10.4 Å². The maximum Gasteiger partial charge on any atom is 0.225 e. The number of nitrogens with one attached hydrogen (secondary N) is 1. The van der Waals surface area contributed by atoms with Crippen molar-refractivity contribution in [3.8, 4) is 0 Å². The summed E-state index contributed by atoms with van der Waals surface area (Å²) in [5.74, 6) is 0.0509. The lowest BCUT2D eigenvalue weighted by atomic mass is 9.67. The second-order valence-corrected chi connectivity index (χ2v) is 7.41. The van der Waals surface area contributed by atoms with Gasteiger partial charge in [0, 0.05) is 17.4 Å². The molecular weight excluding hydrogens is 226 g/mol.